The van der Waals surface area contributed by atoms with Crippen LogP contribution >= 0.6 is 11.6 Å². The van der Waals surface area contributed by atoms with Gasteiger partial charge in [-0.2, -0.15) is 5.10 Å². The van der Waals surface area contributed by atoms with E-state index in [0.29, 0.717) is 12.6 Å². The molecular weight excluding hydrogens is 336 g/mol. The van der Waals surface area contributed by atoms with E-state index in [1.807, 2.05) is 54.7 Å². The molecule has 1 aliphatic rings. The summed E-state index contributed by atoms with van der Waals surface area (Å²) in [7, 11) is 1.98. The first-order valence-corrected chi connectivity index (χ1v) is 9.13. The van der Waals surface area contributed by atoms with Crippen molar-refractivity contribution in [2.45, 2.75) is 39.3 Å². The Morgan fingerprint density at radius 1 is 1.28 bits per heavy atom. The van der Waals surface area contributed by atoms with Gasteiger partial charge in [0.1, 0.15) is 0 Å². The molecule has 1 fully saturated rings. The Bertz CT molecular complexity index is 763. The molecule has 0 atom stereocenters. The molecule has 25 heavy (non-hydrogen) atoms. The zero-order valence-electron chi connectivity index (χ0n) is 15.1. The summed E-state index contributed by atoms with van der Waals surface area (Å²) < 4.78 is 1.88. The Labute approximate surface area is 154 Å². The Morgan fingerprint density at radius 2 is 1.96 bits per heavy atom. The van der Waals surface area contributed by atoms with Crippen molar-refractivity contribution < 1.29 is 4.79 Å². The maximum atomic E-state index is 13.0. The fraction of sp³-hybridized carbons (Fsp3) is 0.474. The van der Waals surface area contributed by atoms with Gasteiger partial charge >= 0.3 is 0 Å². The Kier molecular flexibility index (Phi) is 5.45. The van der Waals surface area contributed by atoms with Crippen molar-refractivity contribution in [3.8, 4) is 0 Å². The standard InChI is InChI=1S/C19H25ClN4O/c1-13-18(19(25)23-10-8-16(21-3)9-11-23)14(2)24(22-13)12-15-6-4-5-7-17(15)20/h4-7,16,21H,8-12H2,1-3H3. The lowest BCUT2D eigenvalue weighted by Crippen LogP contribution is -2.44. The van der Waals surface area contributed by atoms with E-state index in [4.69, 9.17) is 11.6 Å². The number of aromatic nitrogens is 2. The molecule has 1 aromatic carbocycles. The normalized spacial score (nSPS) is 15.6. The molecule has 0 spiro atoms. The molecule has 1 aliphatic heterocycles. The number of piperidine rings is 1. The third kappa shape index (κ3) is 3.72. The summed E-state index contributed by atoms with van der Waals surface area (Å²) in [6.07, 6.45) is 1.99. The molecule has 2 heterocycles. The smallest absolute Gasteiger partial charge is 0.257 e. The van der Waals surface area contributed by atoms with Crippen LogP contribution in [-0.2, 0) is 6.54 Å². The fourth-order valence-corrected chi connectivity index (χ4v) is 3.67. The van der Waals surface area contributed by atoms with Gasteiger partial charge in [0.15, 0.2) is 0 Å². The zero-order valence-corrected chi connectivity index (χ0v) is 15.8. The van der Waals surface area contributed by atoms with Crippen molar-refractivity contribution >= 4 is 17.5 Å². The Hall–Kier alpha value is -1.85. The molecule has 0 aliphatic carbocycles. The van der Waals surface area contributed by atoms with Crippen LogP contribution in [0.15, 0.2) is 24.3 Å². The summed E-state index contributed by atoms with van der Waals surface area (Å²) in [5.74, 6) is 0.0926. The number of halogens is 1. The van der Waals surface area contributed by atoms with E-state index in [9.17, 15) is 4.79 Å². The number of hydrogen-bond acceptors (Lipinski definition) is 3. The van der Waals surface area contributed by atoms with Crippen LogP contribution in [0.2, 0.25) is 5.02 Å². The predicted molar refractivity (Wildman–Crippen MR) is 100 cm³/mol. The highest BCUT2D eigenvalue weighted by atomic mass is 35.5. The monoisotopic (exact) mass is 360 g/mol. The van der Waals surface area contributed by atoms with Crippen molar-refractivity contribution in [3.05, 3.63) is 51.8 Å². The van der Waals surface area contributed by atoms with Crippen LogP contribution < -0.4 is 5.32 Å². The second-order valence-corrected chi connectivity index (χ2v) is 7.06. The van der Waals surface area contributed by atoms with Crippen LogP contribution in [0, 0.1) is 13.8 Å². The lowest BCUT2D eigenvalue weighted by Gasteiger charge is -2.31. The van der Waals surface area contributed by atoms with Gasteiger partial charge in [-0.1, -0.05) is 29.8 Å². The predicted octanol–water partition coefficient (Wildman–Crippen LogP) is 3.03. The number of carbonyl (C=O) groups is 1. The SMILES string of the molecule is CNC1CCN(C(=O)c2c(C)nn(Cc3ccccc3Cl)c2C)CC1. The van der Waals surface area contributed by atoms with Gasteiger partial charge in [-0.05, 0) is 45.4 Å². The molecular formula is C19H25ClN4O. The first-order valence-electron chi connectivity index (χ1n) is 8.75. The quantitative estimate of drug-likeness (QED) is 0.911. The minimum absolute atomic E-state index is 0.0926. The van der Waals surface area contributed by atoms with Gasteiger partial charge in [0.25, 0.3) is 5.91 Å². The van der Waals surface area contributed by atoms with E-state index in [1.165, 1.54) is 0 Å². The molecule has 0 saturated carbocycles. The van der Waals surface area contributed by atoms with Gasteiger partial charge in [-0.15, -0.1) is 0 Å². The lowest BCUT2D eigenvalue weighted by molar-refractivity contribution is 0.0705. The summed E-state index contributed by atoms with van der Waals surface area (Å²) in [6.45, 7) is 6.02. The molecule has 1 amide bonds. The molecule has 1 aromatic heterocycles. The van der Waals surface area contributed by atoms with Crippen molar-refractivity contribution in [1.29, 1.82) is 0 Å². The number of rotatable bonds is 4. The first kappa shape index (κ1) is 18.0. The number of likely N-dealkylation sites (tertiary alicyclic amines) is 1. The van der Waals surface area contributed by atoms with Crippen LogP contribution in [0.5, 0.6) is 0 Å². The molecule has 3 rings (SSSR count). The minimum Gasteiger partial charge on any atom is -0.338 e. The number of carbonyl (C=O) groups excluding carboxylic acids is 1. The maximum absolute atomic E-state index is 13.0. The van der Waals surface area contributed by atoms with E-state index < -0.39 is 0 Å². The zero-order chi connectivity index (χ0) is 18.0. The third-order valence-corrected chi connectivity index (χ3v) is 5.43. The van der Waals surface area contributed by atoms with Gasteiger partial charge in [0, 0.05) is 29.8 Å². The molecule has 134 valence electrons. The first-order chi connectivity index (χ1) is 12.0. The highest BCUT2D eigenvalue weighted by Gasteiger charge is 2.27. The number of nitrogens with one attached hydrogen (secondary N) is 1. The van der Waals surface area contributed by atoms with E-state index in [0.717, 1.165) is 53.5 Å². The molecule has 6 heteroatoms. The van der Waals surface area contributed by atoms with Crippen LogP contribution in [0.3, 0.4) is 0 Å². The van der Waals surface area contributed by atoms with Crippen molar-refractivity contribution in [3.63, 3.8) is 0 Å². The average molecular weight is 361 g/mol. The van der Waals surface area contributed by atoms with Crippen LogP contribution in [-0.4, -0.2) is 46.8 Å². The number of amides is 1. The molecule has 5 nitrogen and oxygen atoms in total. The Balaban J connectivity index is 1.80. The molecule has 0 radical (unpaired) electrons. The van der Waals surface area contributed by atoms with Gasteiger partial charge in [0.05, 0.1) is 17.8 Å². The molecule has 0 bridgehead atoms. The lowest BCUT2D eigenvalue weighted by atomic mass is 10.0. The summed E-state index contributed by atoms with van der Waals surface area (Å²) in [4.78, 5) is 14.9. The van der Waals surface area contributed by atoms with Gasteiger partial charge in [-0.3, -0.25) is 9.48 Å². The summed E-state index contributed by atoms with van der Waals surface area (Å²) in [5, 5.41) is 8.61. The highest BCUT2D eigenvalue weighted by molar-refractivity contribution is 6.31. The number of aryl methyl sites for hydroxylation is 1. The summed E-state index contributed by atoms with van der Waals surface area (Å²) >= 11 is 6.26. The van der Waals surface area contributed by atoms with Crippen molar-refractivity contribution in [2.24, 2.45) is 0 Å². The van der Waals surface area contributed by atoms with Gasteiger partial charge in [0.2, 0.25) is 0 Å². The second kappa shape index (κ2) is 7.58. The molecule has 1 N–H and O–H groups in total. The molecule has 1 saturated heterocycles. The Morgan fingerprint density at radius 3 is 2.60 bits per heavy atom. The van der Waals surface area contributed by atoms with Gasteiger partial charge < -0.3 is 10.2 Å². The number of benzene rings is 1. The van der Waals surface area contributed by atoms with Gasteiger partial charge in [-0.25, -0.2) is 0 Å². The second-order valence-electron chi connectivity index (χ2n) is 6.65. The van der Waals surface area contributed by atoms with Crippen molar-refractivity contribution in [1.82, 2.24) is 20.0 Å². The maximum Gasteiger partial charge on any atom is 0.257 e. The van der Waals surface area contributed by atoms with Crippen LogP contribution in [0.4, 0.5) is 0 Å². The van der Waals surface area contributed by atoms with Crippen molar-refractivity contribution in [2.75, 3.05) is 20.1 Å². The van der Waals surface area contributed by atoms with E-state index in [1.54, 1.807) is 0 Å². The highest BCUT2D eigenvalue weighted by Crippen LogP contribution is 2.22. The number of hydrogen-bond donors (Lipinski definition) is 1. The van der Waals surface area contributed by atoms with Crippen LogP contribution in [0.1, 0.15) is 40.2 Å². The minimum atomic E-state index is 0.0926. The largest absolute Gasteiger partial charge is 0.338 e. The summed E-state index contributed by atoms with van der Waals surface area (Å²) in [5.41, 5.74) is 3.42. The van der Waals surface area contributed by atoms with Crippen LogP contribution in [0.25, 0.3) is 0 Å². The van der Waals surface area contributed by atoms with E-state index in [-0.39, 0.29) is 5.91 Å². The topological polar surface area (TPSA) is 50.2 Å². The van der Waals surface area contributed by atoms with E-state index in [2.05, 4.69) is 10.4 Å². The molecule has 0 unspecified atom stereocenters. The number of nitrogens with zero attached hydrogens (tertiary/aromatic N) is 3. The summed E-state index contributed by atoms with van der Waals surface area (Å²) in [6, 6.07) is 8.25. The fourth-order valence-electron chi connectivity index (χ4n) is 3.48. The average Bonchev–Trinajstić information content (AvgIpc) is 2.90. The molecule has 2 aromatic rings. The third-order valence-electron chi connectivity index (χ3n) is 5.06. The van der Waals surface area contributed by atoms with E-state index >= 15 is 0 Å².